The molecule has 0 aromatic carbocycles. The van der Waals surface area contributed by atoms with Crippen molar-refractivity contribution in [2.45, 2.75) is 40.2 Å². The minimum atomic E-state index is 0.0835. The molecule has 0 amide bonds. The highest BCUT2D eigenvalue weighted by atomic mass is 15.2. The Labute approximate surface area is 103 Å². The molecule has 1 unspecified atom stereocenters. The van der Waals surface area contributed by atoms with Crippen LogP contribution in [0.2, 0.25) is 0 Å². The summed E-state index contributed by atoms with van der Waals surface area (Å²) in [6, 6.07) is 2.34. The maximum Gasteiger partial charge on any atom is 0.140 e. The minimum absolute atomic E-state index is 0.0835. The molecule has 1 aromatic heterocycles. The quantitative estimate of drug-likeness (QED) is 0.620. The number of hydrogen-bond donors (Lipinski definition) is 2. The molecule has 1 heterocycles. The normalized spacial score (nSPS) is 12.3. The van der Waals surface area contributed by atoms with Gasteiger partial charge in [0.1, 0.15) is 11.7 Å². The number of nitrogens with two attached hydrogens (primary N) is 1. The third-order valence-electron chi connectivity index (χ3n) is 3.18. The van der Waals surface area contributed by atoms with E-state index in [1.165, 1.54) is 0 Å². The molecular formula is C13H22N4. The van der Waals surface area contributed by atoms with Crippen LogP contribution in [0, 0.1) is 19.3 Å². The van der Waals surface area contributed by atoms with Crippen molar-refractivity contribution in [3.05, 3.63) is 22.9 Å². The van der Waals surface area contributed by atoms with E-state index in [0.717, 1.165) is 29.1 Å². The summed E-state index contributed by atoms with van der Waals surface area (Å²) >= 11 is 0. The lowest BCUT2D eigenvalue weighted by Crippen LogP contribution is -2.32. The van der Waals surface area contributed by atoms with Crippen LogP contribution in [0.5, 0.6) is 0 Å². The lowest BCUT2D eigenvalue weighted by molar-refractivity contribution is 0.655. The minimum Gasteiger partial charge on any atom is -0.384 e. The van der Waals surface area contributed by atoms with Crippen molar-refractivity contribution >= 4 is 11.7 Å². The zero-order valence-corrected chi connectivity index (χ0v) is 11.3. The van der Waals surface area contributed by atoms with Crippen molar-refractivity contribution in [2.75, 3.05) is 11.9 Å². The predicted octanol–water partition coefficient (Wildman–Crippen LogP) is 2.22. The molecule has 17 heavy (non-hydrogen) atoms. The Morgan fingerprint density at radius 3 is 2.59 bits per heavy atom. The van der Waals surface area contributed by atoms with Gasteiger partial charge in [-0.05, 0) is 38.8 Å². The Balaban J connectivity index is 3.35. The molecule has 1 atom stereocenters. The Morgan fingerprint density at radius 2 is 2.12 bits per heavy atom. The molecular weight excluding hydrogens is 212 g/mol. The molecule has 1 aromatic rings. The first-order valence-electron chi connectivity index (χ1n) is 5.93. The van der Waals surface area contributed by atoms with E-state index in [9.17, 15) is 0 Å². The number of anilines is 1. The van der Waals surface area contributed by atoms with Gasteiger partial charge in [-0.1, -0.05) is 6.92 Å². The van der Waals surface area contributed by atoms with Gasteiger partial charge < -0.3 is 10.6 Å². The van der Waals surface area contributed by atoms with Gasteiger partial charge in [0.25, 0.3) is 0 Å². The predicted molar refractivity (Wildman–Crippen MR) is 72.9 cm³/mol. The zero-order valence-electron chi connectivity index (χ0n) is 11.3. The number of hydrogen-bond acceptors (Lipinski definition) is 3. The number of nitrogens with one attached hydrogen (secondary N) is 1. The second-order valence-corrected chi connectivity index (χ2v) is 4.56. The number of pyridine rings is 1. The molecule has 4 nitrogen and oxygen atoms in total. The second-order valence-electron chi connectivity index (χ2n) is 4.56. The maximum atomic E-state index is 7.69. The lowest BCUT2D eigenvalue weighted by Gasteiger charge is -2.27. The summed E-state index contributed by atoms with van der Waals surface area (Å²) in [5.74, 6) is 0.893. The largest absolute Gasteiger partial charge is 0.384 e. The SMILES string of the molecule is CCC(C)N(C)c1nc(C)cc(C)c1C(=N)N. The van der Waals surface area contributed by atoms with E-state index in [2.05, 4.69) is 23.7 Å². The number of nitrogens with zero attached hydrogens (tertiary/aromatic N) is 2. The van der Waals surface area contributed by atoms with E-state index < -0.39 is 0 Å². The van der Waals surface area contributed by atoms with Crippen molar-refractivity contribution < 1.29 is 0 Å². The van der Waals surface area contributed by atoms with Gasteiger partial charge in [0, 0.05) is 18.8 Å². The molecule has 0 fully saturated rings. The molecule has 94 valence electrons. The van der Waals surface area contributed by atoms with Gasteiger partial charge in [0.2, 0.25) is 0 Å². The molecule has 0 radical (unpaired) electrons. The molecule has 0 aliphatic carbocycles. The highest BCUT2D eigenvalue weighted by molar-refractivity contribution is 6.01. The Kier molecular flexibility index (Phi) is 4.10. The molecule has 0 saturated heterocycles. The fraction of sp³-hybridized carbons (Fsp3) is 0.538. The van der Waals surface area contributed by atoms with Gasteiger partial charge in [-0.3, -0.25) is 5.41 Å². The maximum absolute atomic E-state index is 7.69. The average molecular weight is 234 g/mol. The standard InChI is InChI=1S/C13H22N4/c1-6-10(4)17(5)13-11(12(14)15)8(2)7-9(3)16-13/h7,10H,6H2,1-5H3,(H3,14,15). The van der Waals surface area contributed by atoms with Crippen LogP contribution in [-0.4, -0.2) is 23.9 Å². The zero-order chi connectivity index (χ0) is 13.2. The third kappa shape index (κ3) is 2.75. The summed E-state index contributed by atoms with van der Waals surface area (Å²) in [7, 11) is 2.00. The summed E-state index contributed by atoms with van der Waals surface area (Å²) in [6.07, 6.45) is 1.03. The van der Waals surface area contributed by atoms with Crippen molar-refractivity contribution in [1.29, 1.82) is 5.41 Å². The van der Waals surface area contributed by atoms with Crippen LogP contribution < -0.4 is 10.6 Å². The van der Waals surface area contributed by atoms with Gasteiger partial charge in [0.15, 0.2) is 0 Å². The lowest BCUT2D eigenvalue weighted by atomic mass is 10.1. The fourth-order valence-electron chi connectivity index (χ4n) is 1.89. The first kappa shape index (κ1) is 13.5. The third-order valence-corrected chi connectivity index (χ3v) is 3.18. The number of amidine groups is 1. The van der Waals surface area contributed by atoms with Gasteiger partial charge in [-0.15, -0.1) is 0 Å². The van der Waals surface area contributed by atoms with Crippen LogP contribution in [0.15, 0.2) is 6.07 Å². The van der Waals surface area contributed by atoms with Crippen molar-refractivity contribution in [1.82, 2.24) is 4.98 Å². The summed E-state index contributed by atoms with van der Waals surface area (Å²) in [4.78, 5) is 6.62. The van der Waals surface area contributed by atoms with Crippen molar-refractivity contribution in [3.63, 3.8) is 0 Å². The number of aromatic nitrogens is 1. The van der Waals surface area contributed by atoms with Crippen LogP contribution in [0.4, 0.5) is 5.82 Å². The van der Waals surface area contributed by atoms with E-state index in [4.69, 9.17) is 11.1 Å². The fourth-order valence-corrected chi connectivity index (χ4v) is 1.89. The monoisotopic (exact) mass is 234 g/mol. The molecule has 0 saturated carbocycles. The topological polar surface area (TPSA) is 66.0 Å². The highest BCUT2D eigenvalue weighted by Crippen LogP contribution is 2.23. The Morgan fingerprint density at radius 1 is 1.53 bits per heavy atom. The van der Waals surface area contributed by atoms with E-state index in [-0.39, 0.29) is 5.84 Å². The van der Waals surface area contributed by atoms with Gasteiger partial charge in [-0.25, -0.2) is 4.98 Å². The Bertz CT molecular complexity index is 426. The highest BCUT2D eigenvalue weighted by Gasteiger charge is 2.17. The van der Waals surface area contributed by atoms with Crippen LogP contribution in [0.3, 0.4) is 0 Å². The summed E-state index contributed by atoms with van der Waals surface area (Å²) < 4.78 is 0. The number of aryl methyl sites for hydroxylation is 2. The molecule has 0 spiro atoms. The molecule has 0 aliphatic heterocycles. The van der Waals surface area contributed by atoms with Gasteiger partial charge >= 0.3 is 0 Å². The molecule has 0 bridgehead atoms. The molecule has 4 heteroatoms. The van der Waals surface area contributed by atoms with E-state index in [0.29, 0.717) is 6.04 Å². The van der Waals surface area contributed by atoms with Gasteiger partial charge in [-0.2, -0.15) is 0 Å². The average Bonchev–Trinajstić information content (AvgIpc) is 2.25. The molecule has 0 aliphatic rings. The van der Waals surface area contributed by atoms with E-state index >= 15 is 0 Å². The first-order valence-corrected chi connectivity index (χ1v) is 5.93. The van der Waals surface area contributed by atoms with Crippen LogP contribution >= 0.6 is 0 Å². The summed E-state index contributed by atoms with van der Waals surface area (Å²) in [6.45, 7) is 8.21. The second kappa shape index (κ2) is 5.17. The van der Waals surface area contributed by atoms with E-state index in [1.807, 2.05) is 27.0 Å². The van der Waals surface area contributed by atoms with E-state index in [1.54, 1.807) is 0 Å². The van der Waals surface area contributed by atoms with Gasteiger partial charge in [0.05, 0.1) is 5.56 Å². The van der Waals surface area contributed by atoms with Crippen molar-refractivity contribution in [2.24, 2.45) is 5.73 Å². The molecule has 1 rings (SSSR count). The smallest absolute Gasteiger partial charge is 0.140 e. The van der Waals surface area contributed by atoms with Crippen LogP contribution in [-0.2, 0) is 0 Å². The number of nitrogen functional groups attached to an aromatic ring is 1. The molecule has 3 N–H and O–H groups in total. The number of rotatable bonds is 4. The van der Waals surface area contributed by atoms with Crippen LogP contribution in [0.1, 0.15) is 37.1 Å². The first-order chi connectivity index (χ1) is 7.88. The summed E-state index contributed by atoms with van der Waals surface area (Å²) in [5.41, 5.74) is 8.38. The Hall–Kier alpha value is -1.58. The van der Waals surface area contributed by atoms with Crippen LogP contribution in [0.25, 0.3) is 0 Å². The van der Waals surface area contributed by atoms with Crippen molar-refractivity contribution in [3.8, 4) is 0 Å². The summed E-state index contributed by atoms with van der Waals surface area (Å²) in [5, 5.41) is 7.69.